The zero-order valence-electron chi connectivity index (χ0n) is 23.4. The highest BCUT2D eigenvalue weighted by Gasteiger charge is 2.38. The molecular formula is C30H32N4O6. The average molecular weight is 545 g/mol. The number of carbonyl (C=O) groups is 4. The molecule has 5 rings (SSSR count). The second kappa shape index (κ2) is 10.2. The summed E-state index contributed by atoms with van der Waals surface area (Å²) in [4.78, 5) is 61.0. The van der Waals surface area contributed by atoms with E-state index >= 15 is 0 Å². The van der Waals surface area contributed by atoms with Gasteiger partial charge < -0.3 is 29.2 Å². The number of nitrogens with zero attached hydrogens (tertiary/aromatic N) is 2. The Morgan fingerprint density at radius 3 is 2.50 bits per heavy atom. The molecule has 208 valence electrons. The summed E-state index contributed by atoms with van der Waals surface area (Å²) in [5.74, 6) is -0.701. The quantitative estimate of drug-likeness (QED) is 0.242. The summed E-state index contributed by atoms with van der Waals surface area (Å²) in [5, 5.41) is 1.35. The number of H-pyrrole nitrogens is 2. The van der Waals surface area contributed by atoms with Gasteiger partial charge in [0.15, 0.2) is 11.5 Å². The highest BCUT2D eigenvalue weighted by atomic mass is 16.6. The van der Waals surface area contributed by atoms with Crippen LogP contribution in [0.5, 0.6) is 5.75 Å². The fourth-order valence-electron chi connectivity index (χ4n) is 5.40. The van der Waals surface area contributed by atoms with E-state index in [1.807, 2.05) is 13.8 Å². The van der Waals surface area contributed by atoms with Crippen molar-refractivity contribution in [3.8, 4) is 5.75 Å². The number of carbonyl (C=O) groups excluding carboxylic acids is 4. The lowest BCUT2D eigenvalue weighted by Crippen LogP contribution is -2.30. The molecule has 10 nitrogen and oxygen atoms in total. The second-order valence-corrected chi connectivity index (χ2v) is 10.1. The molecule has 2 aromatic carbocycles. The van der Waals surface area contributed by atoms with Gasteiger partial charge in [0.2, 0.25) is 0 Å². The number of ether oxygens (including phenoxy) is 2. The fourth-order valence-corrected chi connectivity index (χ4v) is 5.40. The summed E-state index contributed by atoms with van der Waals surface area (Å²) in [7, 11) is 2.95. The third kappa shape index (κ3) is 4.29. The molecule has 4 aromatic rings. The Bertz CT molecular complexity index is 1700. The number of rotatable bonds is 6. The van der Waals surface area contributed by atoms with E-state index in [9.17, 15) is 19.2 Å². The van der Waals surface area contributed by atoms with Crippen LogP contribution < -0.4 is 9.64 Å². The number of ketones is 1. The van der Waals surface area contributed by atoms with Crippen LogP contribution in [0.1, 0.15) is 75.6 Å². The monoisotopic (exact) mass is 544 g/mol. The van der Waals surface area contributed by atoms with Gasteiger partial charge in [0.05, 0.1) is 23.9 Å². The number of amides is 2. The molecule has 10 heteroatoms. The lowest BCUT2D eigenvalue weighted by molar-refractivity contribution is 0.0601. The van der Waals surface area contributed by atoms with E-state index in [-0.39, 0.29) is 23.4 Å². The molecule has 2 N–H and O–H groups in total. The predicted molar refractivity (Wildman–Crippen MR) is 152 cm³/mol. The van der Waals surface area contributed by atoms with Crippen molar-refractivity contribution in [1.29, 1.82) is 0 Å². The van der Waals surface area contributed by atoms with Gasteiger partial charge in [-0.1, -0.05) is 6.92 Å². The Labute approximate surface area is 231 Å². The summed E-state index contributed by atoms with van der Waals surface area (Å²) in [6, 6.07) is 8.70. The predicted octanol–water partition coefficient (Wildman–Crippen LogP) is 5.55. The molecule has 0 saturated heterocycles. The van der Waals surface area contributed by atoms with E-state index in [1.165, 1.54) is 18.9 Å². The van der Waals surface area contributed by atoms with Gasteiger partial charge in [0.25, 0.3) is 5.91 Å². The maximum atomic E-state index is 14.0. The standard InChI is InChI=1S/C30H32N4O6/c1-7-17-14-34(28(36)21-12-19-11-18(16(4)35)9-10-20(19)32-21)22-13-23(40-30(38)33(5)8-2)27-26(25(17)22)24(15(3)31-27)29(37)39-6/h9-13,17,31-32H,7-8,14H2,1-6H3. The van der Waals surface area contributed by atoms with Crippen LogP contribution in [0.15, 0.2) is 30.3 Å². The molecule has 0 spiro atoms. The van der Waals surface area contributed by atoms with Crippen molar-refractivity contribution in [2.45, 2.75) is 40.0 Å². The van der Waals surface area contributed by atoms with Crippen LogP contribution >= 0.6 is 0 Å². The number of nitrogens with one attached hydrogen (secondary N) is 2. The minimum atomic E-state index is -0.560. The number of aromatic nitrogens is 2. The molecule has 0 aliphatic carbocycles. The van der Waals surface area contributed by atoms with Gasteiger partial charge in [-0.15, -0.1) is 0 Å². The first-order valence-electron chi connectivity index (χ1n) is 13.2. The summed E-state index contributed by atoms with van der Waals surface area (Å²) in [6.07, 6.45) is 0.152. The minimum Gasteiger partial charge on any atom is -0.465 e. The maximum absolute atomic E-state index is 14.0. The van der Waals surface area contributed by atoms with Crippen molar-refractivity contribution in [2.24, 2.45) is 0 Å². The van der Waals surface area contributed by atoms with Crippen molar-refractivity contribution in [1.82, 2.24) is 14.9 Å². The van der Waals surface area contributed by atoms with Crippen molar-refractivity contribution in [3.05, 3.63) is 58.4 Å². The highest BCUT2D eigenvalue weighted by Crippen LogP contribution is 2.48. The summed E-state index contributed by atoms with van der Waals surface area (Å²) < 4.78 is 10.9. The Kier molecular flexibility index (Phi) is 6.87. The van der Waals surface area contributed by atoms with E-state index in [4.69, 9.17) is 9.47 Å². The van der Waals surface area contributed by atoms with Crippen molar-refractivity contribution < 1.29 is 28.7 Å². The Balaban J connectivity index is 1.69. The minimum absolute atomic E-state index is 0.0572. The molecule has 2 aromatic heterocycles. The smallest absolute Gasteiger partial charge is 0.415 e. The van der Waals surface area contributed by atoms with Gasteiger partial charge in [-0.05, 0) is 57.0 Å². The van der Waals surface area contributed by atoms with Crippen molar-refractivity contribution >= 4 is 51.2 Å². The highest BCUT2D eigenvalue weighted by molar-refractivity contribution is 6.15. The largest absolute Gasteiger partial charge is 0.465 e. The molecule has 40 heavy (non-hydrogen) atoms. The molecule has 1 aliphatic rings. The average Bonchev–Trinajstić information content (AvgIpc) is 3.63. The van der Waals surface area contributed by atoms with E-state index in [2.05, 4.69) is 9.97 Å². The first-order chi connectivity index (χ1) is 19.1. The summed E-state index contributed by atoms with van der Waals surface area (Å²) in [5.41, 5.74) is 4.49. The number of aromatic amines is 2. The van der Waals surface area contributed by atoms with Gasteiger partial charge >= 0.3 is 12.1 Å². The number of Topliss-reactive ketones (excluding diaryl/α,β-unsaturated/α-hetero) is 1. The molecule has 2 amide bonds. The number of methoxy groups -OCH3 is 1. The summed E-state index contributed by atoms with van der Waals surface area (Å²) in [6.45, 7) is 7.95. The van der Waals surface area contributed by atoms with Gasteiger partial charge in [0, 0.05) is 59.7 Å². The first kappa shape index (κ1) is 27.0. The molecule has 0 radical (unpaired) electrons. The number of aryl methyl sites for hydroxylation is 1. The van der Waals surface area contributed by atoms with Gasteiger partial charge in [0.1, 0.15) is 5.69 Å². The van der Waals surface area contributed by atoms with Crippen LogP contribution in [0.4, 0.5) is 10.5 Å². The van der Waals surface area contributed by atoms with E-state index in [0.717, 1.165) is 16.5 Å². The molecule has 1 atom stereocenters. The molecule has 0 saturated carbocycles. The Morgan fingerprint density at radius 1 is 1.10 bits per heavy atom. The number of fused-ring (bicyclic) bond motifs is 4. The van der Waals surface area contributed by atoms with Crippen LogP contribution in [0, 0.1) is 6.92 Å². The van der Waals surface area contributed by atoms with Gasteiger partial charge in [-0.25, -0.2) is 9.59 Å². The lowest BCUT2D eigenvalue weighted by Gasteiger charge is -2.19. The maximum Gasteiger partial charge on any atom is 0.415 e. The summed E-state index contributed by atoms with van der Waals surface area (Å²) >= 11 is 0. The van der Waals surface area contributed by atoms with E-state index in [0.29, 0.717) is 58.6 Å². The zero-order valence-corrected chi connectivity index (χ0v) is 23.4. The number of anilines is 1. The topological polar surface area (TPSA) is 125 Å². The van der Waals surface area contributed by atoms with E-state index in [1.54, 1.807) is 49.2 Å². The Hall–Kier alpha value is -4.60. The third-order valence-corrected chi connectivity index (χ3v) is 7.72. The van der Waals surface area contributed by atoms with Crippen molar-refractivity contribution in [3.63, 3.8) is 0 Å². The Morgan fingerprint density at radius 2 is 1.85 bits per heavy atom. The third-order valence-electron chi connectivity index (χ3n) is 7.72. The number of esters is 1. The lowest BCUT2D eigenvalue weighted by atomic mass is 9.93. The fraction of sp³-hybridized carbons (Fsp3) is 0.333. The van der Waals surface area contributed by atoms with Gasteiger partial charge in [-0.2, -0.15) is 0 Å². The molecule has 3 heterocycles. The normalized spacial score (nSPS) is 14.4. The number of benzene rings is 2. The van der Waals surface area contributed by atoms with Crippen molar-refractivity contribution in [2.75, 3.05) is 32.1 Å². The molecule has 1 unspecified atom stereocenters. The van der Waals surface area contributed by atoms with E-state index < -0.39 is 12.1 Å². The molecule has 1 aliphatic heterocycles. The number of hydrogen-bond donors (Lipinski definition) is 2. The molecule has 0 bridgehead atoms. The van der Waals surface area contributed by atoms with Crippen LogP contribution in [0.25, 0.3) is 21.8 Å². The SMILES string of the molecule is CCC1CN(C(=O)c2cc3cc(C(C)=O)ccc3[nH]2)c2cc(OC(=O)N(C)CC)c3[nH]c(C)c(C(=O)OC)c3c21. The zero-order chi connectivity index (χ0) is 28.9. The first-order valence-corrected chi connectivity index (χ1v) is 13.2. The van der Waals surface area contributed by atoms with Crippen LogP contribution in [0.2, 0.25) is 0 Å². The van der Waals surface area contributed by atoms with Crippen LogP contribution in [-0.2, 0) is 4.74 Å². The van der Waals surface area contributed by atoms with Gasteiger partial charge in [-0.3, -0.25) is 9.59 Å². The molecule has 0 fully saturated rings. The number of hydrogen-bond acceptors (Lipinski definition) is 6. The second-order valence-electron chi connectivity index (χ2n) is 10.1. The molecular weight excluding hydrogens is 512 g/mol. The van der Waals surface area contributed by atoms with Crippen LogP contribution in [-0.4, -0.2) is 65.9 Å². The van der Waals surface area contributed by atoms with Crippen LogP contribution in [0.3, 0.4) is 0 Å².